The SMILES string of the molecule is CCNC(c1sc(C)cc1C)C(C(F)(F)F)C(F)(F)F. The first-order valence-electron chi connectivity index (χ1n) is 5.92. The second-order valence-corrected chi connectivity index (χ2v) is 5.79. The molecule has 0 amide bonds. The van der Waals surface area contributed by atoms with E-state index in [1.165, 1.54) is 13.8 Å². The van der Waals surface area contributed by atoms with Gasteiger partial charge in [0.05, 0.1) is 6.04 Å². The fourth-order valence-electron chi connectivity index (χ4n) is 2.11. The number of aryl methyl sites for hydroxylation is 2. The minimum Gasteiger partial charge on any atom is -0.309 e. The molecule has 1 rings (SSSR count). The Morgan fingerprint density at radius 2 is 1.60 bits per heavy atom. The molecule has 0 fully saturated rings. The number of nitrogens with one attached hydrogen (secondary N) is 1. The quantitative estimate of drug-likeness (QED) is 0.789. The highest BCUT2D eigenvalue weighted by molar-refractivity contribution is 7.12. The van der Waals surface area contributed by atoms with Crippen molar-refractivity contribution < 1.29 is 26.3 Å². The van der Waals surface area contributed by atoms with Gasteiger partial charge in [0.25, 0.3) is 0 Å². The Balaban J connectivity index is 3.32. The molecule has 0 spiro atoms. The van der Waals surface area contributed by atoms with Gasteiger partial charge in [-0.15, -0.1) is 11.3 Å². The molecule has 1 N–H and O–H groups in total. The average Bonchev–Trinajstić information content (AvgIpc) is 2.52. The summed E-state index contributed by atoms with van der Waals surface area (Å²) >= 11 is 0.960. The van der Waals surface area contributed by atoms with Crippen molar-refractivity contribution in [2.24, 2.45) is 5.92 Å². The molecule has 0 aromatic carbocycles. The van der Waals surface area contributed by atoms with Crippen LogP contribution in [0.3, 0.4) is 0 Å². The standard InChI is InChI=1S/C12H15F6NS/c1-4-19-8(9-6(2)5-7(3)20-9)10(11(13,14)15)12(16,17)18/h5,8,10,19H,4H2,1-3H3. The van der Waals surface area contributed by atoms with Crippen LogP contribution >= 0.6 is 11.3 Å². The molecule has 1 unspecified atom stereocenters. The largest absolute Gasteiger partial charge is 0.402 e. The zero-order chi connectivity index (χ0) is 15.7. The molecule has 20 heavy (non-hydrogen) atoms. The van der Waals surface area contributed by atoms with Gasteiger partial charge in [0.1, 0.15) is 0 Å². The molecular formula is C12H15F6NS. The van der Waals surface area contributed by atoms with E-state index in [4.69, 9.17) is 0 Å². The minimum atomic E-state index is -5.35. The molecule has 1 aromatic heterocycles. The van der Waals surface area contributed by atoms with Crippen molar-refractivity contribution in [2.75, 3.05) is 6.54 Å². The van der Waals surface area contributed by atoms with Gasteiger partial charge in [0, 0.05) is 9.75 Å². The van der Waals surface area contributed by atoms with E-state index in [-0.39, 0.29) is 11.4 Å². The lowest BCUT2D eigenvalue weighted by Crippen LogP contribution is -2.45. The van der Waals surface area contributed by atoms with Gasteiger partial charge >= 0.3 is 12.4 Å². The maximum atomic E-state index is 12.9. The van der Waals surface area contributed by atoms with Crippen molar-refractivity contribution in [1.29, 1.82) is 0 Å². The van der Waals surface area contributed by atoms with E-state index >= 15 is 0 Å². The smallest absolute Gasteiger partial charge is 0.309 e. The molecule has 1 heterocycles. The molecule has 0 aliphatic carbocycles. The van der Waals surface area contributed by atoms with E-state index < -0.39 is 24.3 Å². The maximum absolute atomic E-state index is 12.9. The summed E-state index contributed by atoms with van der Waals surface area (Å²) in [5.41, 5.74) is 0.442. The zero-order valence-corrected chi connectivity index (χ0v) is 11.9. The molecule has 0 bridgehead atoms. The summed E-state index contributed by atoms with van der Waals surface area (Å²) < 4.78 is 77.1. The topological polar surface area (TPSA) is 12.0 Å². The van der Waals surface area contributed by atoms with E-state index in [1.807, 2.05) is 0 Å². The zero-order valence-electron chi connectivity index (χ0n) is 11.1. The van der Waals surface area contributed by atoms with Crippen LogP contribution < -0.4 is 5.32 Å². The van der Waals surface area contributed by atoms with Crippen LogP contribution in [0.15, 0.2) is 6.07 Å². The van der Waals surface area contributed by atoms with E-state index in [2.05, 4.69) is 5.32 Å². The minimum absolute atomic E-state index is 0.0176. The van der Waals surface area contributed by atoms with Crippen molar-refractivity contribution in [3.63, 3.8) is 0 Å². The Morgan fingerprint density at radius 3 is 1.90 bits per heavy atom. The summed E-state index contributed by atoms with van der Waals surface area (Å²) in [7, 11) is 0. The highest BCUT2D eigenvalue weighted by Gasteiger charge is 2.60. The summed E-state index contributed by atoms with van der Waals surface area (Å²) in [6, 6.07) is -0.215. The average molecular weight is 319 g/mol. The Bertz CT molecular complexity index is 434. The number of thiophene rings is 1. The monoisotopic (exact) mass is 319 g/mol. The van der Waals surface area contributed by atoms with Crippen LogP contribution in [0.25, 0.3) is 0 Å². The van der Waals surface area contributed by atoms with Gasteiger partial charge in [0.15, 0.2) is 5.92 Å². The van der Waals surface area contributed by atoms with Crippen molar-refractivity contribution in [3.8, 4) is 0 Å². The van der Waals surface area contributed by atoms with E-state index in [9.17, 15) is 26.3 Å². The van der Waals surface area contributed by atoms with Crippen LogP contribution in [0.4, 0.5) is 26.3 Å². The van der Waals surface area contributed by atoms with Crippen LogP contribution in [0.2, 0.25) is 0 Å². The molecule has 8 heteroatoms. The molecule has 0 radical (unpaired) electrons. The predicted octanol–water partition coefficient (Wildman–Crippen LogP) is 4.76. The first kappa shape index (κ1) is 17.3. The Morgan fingerprint density at radius 1 is 1.10 bits per heavy atom. The fraction of sp³-hybridized carbons (Fsp3) is 0.667. The van der Waals surface area contributed by atoms with Crippen molar-refractivity contribution in [2.45, 2.75) is 39.2 Å². The summed E-state index contributed by atoms with van der Waals surface area (Å²) in [6.07, 6.45) is -10.7. The van der Waals surface area contributed by atoms with Crippen LogP contribution in [0, 0.1) is 19.8 Å². The molecule has 0 aliphatic heterocycles. The highest BCUT2D eigenvalue weighted by Crippen LogP contribution is 2.48. The normalized spacial score (nSPS) is 14.9. The number of rotatable bonds is 4. The molecule has 0 saturated heterocycles. The van der Waals surface area contributed by atoms with E-state index in [1.54, 1.807) is 13.0 Å². The lowest BCUT2D eigenvalue weighted by molar-refractivity contribution is -0.292. The Labute approximate surface area is 117 Å². The van der Waals surface area contributed by atoms with Crippen LogP contribution in [0.5, 0.6) is 0 Å². The third-order valence-electron chi connectivity index (χ3n) is 2.82. The van der Waals surface area contributed by atoms with Gasteiger partial charge in [-0.1, -0.05) is 6.92 Å². The van der Waals surface area contributed by atoms with Crippen LogP contribution in [0.1, 0.15) is 28.3 Å². The fourth-order valence-corrected chi connectivity index (χ4v) is 3.26. The lowest BCUT2D eigenvalue weighted by atomic mass is 9.95. The van der Waals surface area contributed by atoms with E-state index in [0.717, 1.165) is 11.3 Å². The molecule has 1 atom stereocenters. The summed E-state index contributed by atoms with van der Waals surface area (Å²) in [5.74, 6) is -3.41. The maximum Gasteiger partial charge on any atom is 0.402 e. The third kappa shape index (κ3) is 3.88. The Kier molecular flexibility index (Phi) is 5.13. The molecule has 1 aromatic rings. The summed E-state index contributed by atoms with van der Waals surface area (Å²) in [6.45, 7) is 4.67. The second kappa shape index (κ2) is 5.93. The first-order valence-corrected chi connectivity index (χ1v) is 6.73. The molecule has 0 aliphatic rings. The summed E-state index contributed by atoms with van der Waals surface area (Å²) in [5, 5.41) is 2.34. The lowest BCUT2D eigenvalue weighted by Gasteiger charge is -2.31. The predicted molar refractivity (Wildman–Crippen MR) is 65.8 cm³/mol. The van der Waals surface area contributed by atoms with Crippen LogP contribution in [-0.4, -0.2) is 18.9 Å². The molecular weight excluding hydrogens is 304 g/mol. The van der Waals surface area contributed by atoms with Gasteiger partial charge in [-0.3, -0.25) is 0 Å². The number of hydrogen-bond acceptors (Lipinski definition) is 2. The van der Waals surface area contributed by atoms with Crippen molar-refractivity contribution >= 4 is 11.3 Å². The number of alkyl halides is 6. The van der Waals surface area contributed by atoms with Gasteiger partial charge in [-0.05, 0) is 32.0 Å². The summed E-state index contributed by atoms with van der Waals surface area (Å²) in [4.78, 5) is 0.771. The number of halogens is 6. The van der Waals surface area contributed by atoms with Gasteiger partial charge in [0.2, 0.25) is 0 Å². The highest BCUT2D eigenvalue weighted by atomic mass is 32.1. The molecule has 1 nitrogen and oxygen atoms in total. The van der Waals surface area contributed by atoms with Crippen LogP contribution in [-0.2, 0) is 0 Å². The molecule has 116 valence electrons. The van der Waals surface area contributed by atoms with Gasteiger partial charge < -0.3 is 5.32 Å². The Hall–Kier alpha value is -0.760. The molecule has 0 saturated carbocycles. The first-order chi connectivity index (χ1) is 8.98. The number of hydrogen-bond donors (Lipinski definition) is 1. The second-order valence-electron chi connectivity index (χ2n) is 4.50. The van der Waals surface area contributed by atoms with Gasteiger partial charge in [-0.25, -0.2) is 0 Å². The van der Waals surface area contributed by atoms with Crippen molar-refractivity contribution in [1.82, 2.24) is 5.32 Å². The van der Waals surface area contributed by atoms with E-state index in [0.29, 0.717) is 10.4 Å². The van der Waals surface area contributed by atoms with Crippen molar-refractivity contribution in [3.05, 3.63) is 21.4 Å². The third-order valence-corrected chi connectivity index (χ3v) is 4.06. The van der Waals surface area contributed by atoms with Gasteiger partial charge in [-0.2, -0.15) is 26.3 Å².